The second-order valence-corrected chi connectivity index (χ2v) is 7.36. The fourth-order valence-corrected chi connectivity index (χ4v) is 4.39. The summed E-state index contributed by atoms with van der Waals surface area (Å²) in [7, 11) is 0. The van der Waals surface area contributed by atoms with E-state index in [1.807, 2.05) is 4.90 Å². The Balaban J connectivity index is 1.84. The van der Waals surface area contributed by atoms with Gasteiger partial charge in [0.25, 0.3) is 0 Å². The molecule has 1 aromatic carbocycles. The number of nitrogens with zero attached hydrogens (tertiary/aromatic N) is 1. The molecule has 1 aliphatic heterocycles. The first kappa shape index (κ1) is 16.4. The second kappa shape index (κ2) is 5.24. The average Bonchev–Trinajstić information content (AvgIpc) is 3.23. The van der Waals surface area contributed by atoms with E-state index in [0.717, 1.165) is 12.8 Å². The van der Waals surface area contributed by atoms with Gasteiger partial charge in [0.05, 0.1) is 18.2 Å². The van der Waals surface area contributed by atoms with Crippen molar-refractivity contribution >= 4 is 16.6 Å². The number of pyridine rings is 1. The van der Waals surface area contributed by atoms with Crippen molar-refractivity contribution < 1.29 is 18.3 Å². The lowest BCUT2D eigenvalue weighted by molar-refractivity contribution is -0.136. The van der Waals surface area contributed by atoms with Crippen LogP contribution in [0.5, 0.6) is 0 Å². The normalized spacial score (nSPS) is 28.9. The number of aromatic nitrogens is 1. The molecule has 4 nitrogen and oxygen atoms in total. The lowest BCUT2D eigenvalue weighted by atomic mass is 9.89. The smallest absolute Gasteiger partial charge is 0.394 e. The van der Waals surface area contributed by atoms with Crippen LogP contribution in [0.2, 0.25) is 0 Å². The number of rotatable bonds is 2. The fraction of sp³-hybridized carbons (Fsp3) is 0.500. The molecule has 1 saturated heterocycles. The minimum Gasteiger partial charge on any atom is -0.394 e. The van der Waals surface area contributed by atoms with Crippen LogP contribution in [0, 0.1) is 11.3 Å². The molecule has 134 valence electrons. The molecule has 2 N–H and O–H groups in total. The number of benzene rings is 1. The Labute approximate surface area is 142 Å². The van der Waals surface area contributed by atoms with E-state index in [1.165, 1.54) is 12.1 Å². The average molecular weight is 352 g/mol. The van der Waals surface area contributed by atoms with Crippen LogP contribution >= 0.6 is 0 Å². The second-order valence-electron chi connectivity index (χ2n) is 7.36. The zero-order valence-electron chi connectivity index (χ0n) is 13.7. The maximum Gasteiger partial charge on any atom is 0.417 e. The Hall–Kier alpha value is -2.02. The molecular formula is C18H19F3N2O2. The van der Waals surface area contributed by atoms with Gasteiger partial charge in [-0.1, -0.05) is 6.92 Å². The molecule has 0 bridgehead atoms. The first-order valence-corrected chi connectivity index (χ1v) is 8.36. The molecule has 7 heteroatoms. The third-order valence-corrected chi connectivity index (χ3v) is 5.95. The third-order valence-electron chi connectivity index (χ3n) is 5.95. The molecular weight excluding hydrogens is 333 g/mol. The van der Waals surface area contributed by atoms with Crippen LogP contribution in [0.25, 0.3) is 10.9 Å². The summed E-state index contributed by atoms with van der Waals surface area (Å²) in [4.78, 5) is 16.0. The third kappa shape index (κ3) is 2.52. The number of hydrogen-bond donors (Lipinski definition) is 2. The van der Waals surface area contributed by atoms with Crippen LogP contribution in [-0.2, 0) is 6.18 Å². The molecule has 1 aromatic heterocycles. The van der Waals surface area contributed by atoms with E-state index in [-0.39, 0.29) is 29.0 Å². The molecule has 2 heterocycles. The summed E-state index contributed by atoms with van der Waals surface area (Å²) in [6, 6.07) is 5.21. The van der Waals surface area contributed by atoms with Gasteiger partial charge < -0.3 is 15.0 Å². The number of hydrogen-bond acceptors (Lipinski definition) is 3. The zero-order valence-corrected chi connectivity index (χ0v) is 13.7. The molecule has 3 unspecified atom stereocenters. The largest absolute Gasteiger partial charge is 0.417 e. The van der Waals surface area contributed by atoms with Gasteiger partial charge in [0.1, 0.15) is 0 Å². The van der Waals surface area contributed by atoms with Gasteiger partial charge in [-0.2, -0.15) is 13.2 Å². The summed E-state index contributed by atoms with van der Waals surface area (Å²) in [6.07, 6.45) is -2.58. The van der Waals surface area contributed by atoms with Crippen LogP contribution in [-0.4, -0.2) is 29.3 Å². The van der Waals surface area contributed by atoms with E-state index in [9.17, 15) is 23.1 Å². The highest BCUT2D eigenvalue weighted by atomic mass is 19.4. The maximum absolute atomic E-state index is 13.3. The van der Waals surface area contributed by atoms with E-state index < -0.39 is 17.3 Å². The molecule has 2 fully saturated rings. The van der Waals surface area contributed by atoms with Crippen molar-refractivity contribution in [2.45, 2.75) is 32.0 Å². The highest BCUT2D eigenvalue weighted by molar-refractivity contribution is 5.86. The fourth-order valence-electron chi connectivity index (χ4n) is 4.39. The summed E-state index contributed by atoms with van der Waals surface area (Å²) >= 11 is 0. The molecule has 25 heavy (non-hydrogen) atoms. The van der Waals surface area contributed by atoms with Gasteiger partial charge in [-0.05, 0) is 42.4 Å². The Bertz CT molecular complexity index is 892. The monoisotopic (exact) mass is 352 g/mol. The first-order chi connectivity index (χ1) is 11.7. The van der Waals surface area contributed by atoms with Gasteiger partial charge in [-0.3, -0.25) is 4.79 Å². The van der Waals surface area contributed by atoms with Crippen LogP contribution < -0.4 is 10.5 Å². The van der Waals surface area contributed by atoms with Crippen molar-refractivity contribution in [2.24, 2.45) is 11.3 Å². The Kier molecular flexibility index (Phi) is 3.45. The van der Waals surface area contributed by atoms with Crippen LogP contribution in [0.3, 0.4) is 0 Å². The van der Waals surface area contributed by atoms with Crippen molar-refractivity contribution in [3.8, 4) is 0 Å². The number of aliphatic hydroxyl groups is 1. The van der Waals surface area contributed by atoms with Gasteiger partial charge in [-0.25, -0.2) is 0 Å². The lowest BCUT2D eigenvalue weighted by Gasteiger charge is -2.41. The molecule has 3 atom stereocenters. The van der Waals surface area contributed by atoms with E-state index in [0.29, 0.717) is 24.2 Å². The number of alkyl halides is 3. The van der Waals surface area contributed by atoms with Crippen molar-refractivity contribution in [1.82, 2.24) is 4.98 Å². The standard InChI is InChI=1S/C18H19F3N2O2/c1-17-8-10(17)4-5-23(15(17)9-24)11-2-3-14-12(6-11)13(18(19,20)21)7-16(25)22-14/h2-3,6-7,10,15,24H,4-5,8-9H2,1H3,(H,22,25). The Morgan fingerprint density at radius 2 is 2.12 bits per heavy atom. The van der Waals surface area contributed by atoms with Crippen LogP contribution in [0.1, 0.15) is 25.3 Å². The van der Waals surface area contributed by atoms with Gasteiger partial charge in [0.15, 0.2) is 0 Å². The van der Waals surface area contributed by atoms with Crippen molar-refractivity contribution in [3.63, 3.8) is 0 Å². The molecule has 2 aliphatic rings. The Morgan fingerprint density at radius 1 is 1.36 bits per heavy atom. The number of piperidine rings is 1. The SMILES string of the molecule is CC12CC1CCN(c1ccc3[nH]c(=O)cc(C(F)(F)F)c3c1)C2CO. The van der Waals surface area contributed by atoms with E-state index in [1.54, 1.807) is 6.07 Å². The van der Waals surface area contributed by atoms with Crippen molar-refractivity contribution in [2.75, 3.05) is 18.1 Å². The number of nitrogens with one attached hydrogen (secondary N) is 1. The van der Waals surface area contributed by atoms with Gasteiger partial charge >= 0.3 is 6.18 Å². The minimum atomic E-state index is -4.60. The van der Waals surface area contributed by atoms with Crippen molar-refractivity contribution in [1.29, 1.82) is 0 Å². The molecule has 0 spiro atoms. The Morgan fingerprint density at radius 3 is 2.80 bits per heavy atom. The van der Waals surface area contributed by atoms with Gasteiger partial charge in [0.2, 0.25) is 5.56 Å². The zero-order chi connectivity index (χ0) is 18.0. The summed E-state index contributed by atoms with van der Waals surface area (Å²) < 4.78 is 40.0. The molecule has 1 saturated carbocycles. The van der Waals surface area contributed by atoms with Crippen LogP contribution in [0.15, 0.2) is 29.1 Å². The summed E-state index contributed by atoms with van der Waals surface area (Å²) in [5, 5.41) is 9.83. The lowest BCUT2D eigenvalue weighted by Crippen LogP contribution is -2.48. The van der Waals surface area contributed by atoms with Gasteiger partial charge in [0, 0.05) is 29.2 Å². The number of H-pyrrole nitrogens is 1. The molecule has 2 aromatic rings. The van der Waals surface area contributed by atoms with E-state index in [2.05, 4.69) is 11.9 Å². The number of aliphatic hydroxyl groups excluding tert-OH is 1. The number of anilines is 1. The quantitative estimate of drug-likeness (QED) is 0.873. The maximum atomic E-state index is 13.3. The predicted octanol–water partition coefficient (Wildman–Crippen LogP) is 3.14. The van der Waals surface area contributed by atoms with Crippen LogP contribution in [0.4, 0.5) is 18.9 Å². The first-order valence-electron chi connectivity index (χ1n) is 8.36. The minimum absolute atomic E-state index is 0.0237. The summed E-state index contributed by atoms with van der Waals surface area (Å²) in [5.74, 6) is 0.587. The summed E-state index contributed by atoms with van der Waals surface area (Å²) in [5.41, 5.74) is -0.861. The predicted molar refractivity (Wildman–Crippen MR) is 88.6 cm³/mol. The number of halogens is 3. The molecule has 1 aliphatic carbocycles. The molecule has 4 rings (SSSR count). The van der Waals surface area contributed by atoms with Gasteiger partial charge in [-0.15, -0.1) is 0 Å². The highest BCUT2D eigenvalue weighted by Crippen LogP contribution is 2.60. The topological polar surface area (TPSA) is 56.3 Å². The van der Waals surface area contributed by atoms with E-state index >= 15 is 0 Å². The van der Waals surface area contributed by atoms with E-state index in [4.69, 9.17) is 0 Å². The number of fused-ring (bicyclic) bond motifs is 2. The van der Waals surface area contributed by atoms with Crippen molar-refractivity contribution in [3.05, 3.63) is 40.2 Å². The summed E-state index contributed by atoms with van der Waals surface area (Å²) in [6.45, 7) is 2.81. The highest BCUT2D eigenvalue weighted by Gasteiger charge is 2.58. The molecule has 0 radical (unpaired) electrons. The number of aromatic amines is 1. The molecule has 0 amide bonds.